The Balaban J connectivity index is 3.45. The Bertz CT molecular complexity index is 516. The largest absolute Gasteiger partial charge is 0.495 e. The van der Waals surface area contributed by atoms with Crippen LogP contribution in [0.25, 0.3) is 0 Å². The van der Waals surface area contributed by atoms with E-state index in [0.29, 0.717) is 4.47 Å². The van der Waals surface area contributed by atoms with E-state index in [1.54, 1.807) is 0 Å². The molecule has 0 spiro atoms. The van der Waals surface area contributed by atoms with Gasteiger partial charge < -0.3 is 4.74 Å². The predicted molar refractivity (Wildman–Crippen MR) is 63.9 cm³/mol. The maximum absolute atomic E-state index is 13.4. The summed E-state index contributed by atoms with van der Waals surface area (Å²) in [6, 6.07) is 1.22. The molecule has 0 unspecified atom stereocenters. The zero-order valence-corrected chi connectivity index (χ0v) is 11.7. The zero-order chi connectivity index (χ0) is 12.5. The highest BCUT2D eigenvalue weighted by molar-refractivity contribution is 9.10. The number of ether oxygens (including phenoxy) is 1. The third-order valence-corrected chi connectivity index (χ3v) is 3.63. The van der Waals surface area contributed by atoms with Crippen molar-refractivity contribution in [3.05, 3.63) is 27.5 Å². The van der Waals surface area contributed by atoms with E-state index in [4.69, 9.17) is 15.4 Å². The Kier molecular flexibility index (Phi) is 4.20. The van der Waals surface area contributed by atoms with Crippen molar-refractivity contribution < 1.29 is 17.5 Å². The average molecular weight is 332 g/mol. The first-order valence-corrected chi connectivity index (χ1v) is 7.47. The van der Waals surface area contributed by atoms with E-state index in [1.165, 1.54) is 20.1 Å². The van der Waals surface area contributed by atoms with Crippen molar-refractivity contribution in [3.8, 4) is 5.75 Å². The van der Waals surface area contributed by atoms with Gasteiger partial charge in [-0.1, -0.05) is 0 Å². The lowest BCUT2D eigenvalue weighted by Gasteiger charge is -2.13. The molecule has 0 bridgehead atoms. The maximum Gasteiger partial charge on any atom is 0.236 e. The fraction of sp³-hybridized carbons (Fsp3) is 0.333. The van der Waals surface area contributed by atoms with E-state index >= 15 is 0 Å². The van der Waals surface area contributed by atoms with Crippen LogP contribution >= 0.6 is 26.6 Å². The van der Waals surface area contributed by atoms with E-state index < -0.39 is 20.6 Å². The summed E-state index contributed by atoms with van der Waals surface area (Å²) in [5, 5.41) is 0. The highest BCUT2D eigenvalue weighted by Gasteiger charge is 2.19. The quantitative estimate of drug-likeness (QED) is 0.800. The van der Waals surface area contributed by atoms with Gasteiger partial charge in [0.25, 0.3) is 0 Å². The highest BCUT2D eigenvalue weighted by atomic mass is 79.9. The standard InChI is InChI=1S/C9H9BrClFO3S/c1-5-6(4-16(11,13)14)9(15-2)7(10)3-8(5)12/h3H,4H2,1-2H3. The summed E-state index contributed by atoms with van der Waals surface area (Å²) in [6.07, 6.45) is 0. The molecule has 0 aromatic heterocycles. The van der Waals surface area contributed by atoms with Crippen LogP contribution < -0.4 is 4.74 Å². The summed E-state index contributed by atoms with van der Waals surface area (Å²) in [6.45, 7) is 1.47. The van der Waals surface area contributed by atoms with Crippen molar-refractivity contribution in [1.29, 1.82) is 0 Å². The van der Waals surface area contributed by atoms with E-state index in [1.807, 2.05) is 0 Å². The monoisotopic (exact) mass is 330 g/mol. The first-order valence-electron chi connectivity index (χ1n) is 4.20. The molecule has 0 atom stereocenters. The normalized spacial score (nSPS) is 11.6. The van der Waals surface area contributed by atoms with Crippen molar-refractivity contribution in [1.82, 2.24) is 0 Å². The summed E-state index contributed by atoms with van der Waals surface area (Å²) < 4.78 is 40.8. The minimum absolute atomic E-state index is 0.212. The van der Waals surface area contributed by atoms with Crippen molar-refractivity contribution in [2.45, 2.75) is 12.7 Å². The van der Waals surface area contributed by atoms with Gasteiger partial charge in [0.1, 0.15) is 11.6 Å². The summed E-state index contributed by atoms with van der Waals surface area (Å²) >= 11 is 3.10. The maximum atomic E-state index is 13.4. The van der Waals surface area contributed by atoms with Crippen molar-refractivity contribution >= 4 is 35.7 Å². The smallest absolute Gasteiger partial charge is 0.236 e. The molecule has 0 aliphatic carbocycles. The zero-order valence-electron chi connectivity index (χ0n) is 8.55. The lowest BCUT2D eigenvalue weighted by Crippen LogP contribution is -2.03. The molecule has 0 saturated carbocycles. The van der Waals surface area contributed by atoms with E-state index in [0.717, 1.165) is 0 Å². The molecular formula is C9H9BrClFO3S. The molecule has 0 heterocycles. The second kappa shape index (κ2) is 4.89. The van der Waals surface area contributed by atoms with Crippen LogP contribution in [0.15, 0.2) is 10.5 Å². The minimum Gasteiger partial charge on any atom is -0.495 e. The molecule has 0 radical (unpaired) electrons. The molecule has 0 fully saturated rings. The minimum atomic E-state index is -3.76. The van der Waals surface area contributed by atoms with Crippen LogP contribution in [0.2, 0.25) is 0 Å². The number of halogens is 3. The van der Waals surface area contributed by atoms with Gasteiger partial charge in [0.05, 0.1) is 17.3 Å². The topological polar surface area (TPSA) is 43.4 Å². The van der Waals surface area contributed by atoms with Gasteiger partial charge in [-0.15, -0.1) is 0 Å². The second-order valence-corrected chi connectivity index (χ2v) is 6.79. The van der Waals surface area contributed by atoms with Crippen LogP contribution in [0.1, 0.15) is 11.1 Å². The van der Waals surface area contributed by atoms with Gasteiger partial charge in [-0.05, 0) is 34.5 Å². The number of methoxy groups -OCH3 is 1. The van der Waals surface area contributed by atoms with Gasteiger partial charge in [0, 0.05) is 16.2 Å². The molecule has 1 aromatic rings. The fourth-order valence-electron chi connectivity index (χ4n) is 1.31. The van der Waals surface area contributed by atoms with Crippen molar-refractivity contribution in [3.63, 3.8) is 0 Å². The van der Waals surface area contributed by atoms with Crippen LogP contribution in [0.4, 0.5) is 4.39 Å². The van der Waals surface area contributed by atoms with Crippen LogP contribution in [0, 0.1) is 12.7 Å². The molecule has 0 aliphatic heterocycles. The van der Waals surface area contributed by atoms with Crippen molar-refractivity contribution in [2.75, 3.05) is 7.11 Å². The van der Waals surface area contributed by atoms with E-state index in [9.17, 15) is 12.8 Å². The van der Waals surface area contributed by atoms with Gasteiger partial charge >= 0.3 is 0 Å². The highest BCUT2D eigenvalue weighted by Crippen LogP contribution is 2.34. The summed E-state index contributed by atoms with van der Waals surface area (Å²) in [4.78, 5) is 0. The molecule has 0 aliphatic rings. The summed E-state index contributed by atoms with van der Waals surface area (Å²) in [5.74, 6) is -0.703. The molecule has 90 valence electrons. The molecule has 16 heavy (non-hydrogen) atoms. The van der Waals surface area contributed by atoms with Crippen LogP contribution in [-0.2, 0) is 14.8 Å². The first-order chi connectivity index (χ1) is 7.26. The molecular weight excluding hydrogens is 323 g/mol. The molecule has 1 aromatic carbocycles. The number of hydrogen-bond donors (Lipinski definition) is 0. The Labute approximate surface area is 106 Å². The third kappa shape index (κ3) is 3.09. The van der Waals surface area contributed by atoms with Crippen LogP contribution in [0.5, 0.6) is 5.75 Å². The van der Waals surface area contributed by atoms with Gasteiger partial charge in [0.2, 0.25) is 9.05 Å². The molecule has 0 N–H and O–H groups in total. The fourth-order valence-corrected chi connectivity index (χ4v) is 2.93. The van der Waals surface area contributed by atoms with Gasteiger partial charge in [-0.25, -0.2) is 12.8 Å². The van der Waals surface area contributed by atoms with Crippen LogP contribution in [-0.4, -0.2) is 15.5 Å². The SMILES string of the molecule is COc1c(Br)cc(F)c(C)c1CS(=O)(=O)Cl. The second-order valence-electron chi connectivity index (χ2n) is 3.16. The number of hydrogen-bond acceptors (Lipinski definition) is 3. The Morgan fingerprint density at radius 1 is 1.56 bits per heavy atom. The predicted octanol–water partition coefficient (Wildman–Crippen LogP) is 2.97. The molecule has 1 rings (SSSR count). The lowest BCUT2D eigenvalue weighted by molar-refractivity contribution is 0.406. The van der Waals surface area contributed by atoms with E-state index in [-0.39, 0.29) is 16.9 Å². The third-order valence-electron chi connectivity index (χ3n) is 2.08. The van der Waals surface area contributed by atoms with Crippen LogP contribution in [0.3, 0.4) is 0 Å². The lowest BCUT2D eigenvalue weighted by atomic mass is 10.1. The van der Waals surface area contributed by atoms with Gasteiger partial charge in [-0.3, -0.25) is 0 Å². The Hall–Kier alpha value is -0.330. The summed E-state index contributed by atoms with van der Waals surface area (Å²) in [5.41, 5.74) is 0.439. The average Bonchev–Trinajstić information content (AvgIpc) is 2.12. The van der Waals surface area contributed by atoms with Gasteiger partial charge in [0.15, 0.2) is 0 Å². The first kappa shape index (κ1) is 13.7. The Morgan fingerprint density at radius 2 is 2.12 bits per heavy atom. The van der Waals surface area contributed by atoms with E-state index in [2.05, 4.69) is 15.9 Å². The summed E-state index contributed by atoms with van der Waals surface area (Å²) in [7, 11) is 2.77. The Morgan fingerprint density at radius 3 is 2.56 bits per heavy atom. The molecule has 0 saturated heterocycles. The number of benzene rings is 1. The number of rotatable bonds is 3. The van der Waals surface area contributed by atoms with Gasteiger partial charge in [-0.2, -0.15) is 0 Å². The molecule has 7 heteroatoms. The van der Waals surface area contributed by atoms with Crippen molar-refractivity contribution in [2.24, 2.45) is 0 Å². The molecule has 3 nitrogen and oxygen atoms in total. The molecule has 0 amide bonds.